The van der Waals surface area contributed by atoms with Crippen molar-refractivity contribution in [2.24, 2.45) is 0 Å². The summed E-state index contributed by atoms with van der Waals surface area (Å²) < 4.78 is 5.26. The van der Waals surface area contributed by atoms with E-state index in [9.17, 15) is 14.4 Å². The molecule has 0 spiro atoms. The zero-order chi connectivity index (χ0) is 22.5. The van der Waals surface area contributed by atoms with E-state index in [1.165, 1.54) is 44.9 Å². The van der Waals surface area contributed by atoms with E-state index < -0.39 is 11.9 Å². The first-order valence-corrected chi connectivity index (χ1v) is 11.5. The van der Waals surface area contributed by atoms with Crippen LogP contribution in [-0.2, 0) is 19.1 Å². The maximum Gasteiger partial charge on any atom is 1.00 e. The molecule has 0 fully saturated rings. The van der Waals surface area contributed by atoms with Gasteiger partial charge in [-0.15, -0.1) is 0 Å². The number of nitrogens with zero attached hydrogens (tertiary/aromatic N) is 1. The zero-order valence-electron chi connectivity index (χ0n) is 22.7. The van der Waals surface area contributed by atoms with E-state index in [0.717, 1.165) is 12.8 Å². The molecule has 0 heterocycles. The maximum atomic E-state index is 12.0. The van der Waals surface area contributed by atoms with E-state index in [4.69, 9.17) is 14.9 Å². The van der Waals surface area contributed by atoms with Gasteiger partial charge in [-0.25, -0.2) is 0 Å². The van der Waals surface area contributed by atoms with E-state index in [1.54, 1.807) is 0 Å². The molecule has 10 heteroatoms. The second-order valence-corrected chi connectivity index (χ2v) is 7.67. The first-order valence-electron chi connectivity index (χ1n) is 11.5. The van der Waals surface area contributed by atoms with Gasteiger partial charge < -0.3 is 23.1 Å². The number of carbonyl (C=O) groups excluding carboxylic acids is 1. The third kappa shape index (κ3) is 28.4. The molecule has 0 radical (unpaired) electrons. The number of hydrogen-bond acceptors (Lipinski definition) is 5. The van der Waals surface area contributed by atoms with Gasteiger partial charge in [0.1, 0.15) is 0 Å². The number of carbonyl (C=O) groups is 3. The van der Waals surface area contributed by atoms with Gasteiger partial charge in [0.25, 0.3) is 0 Å². The molecule has 0 aromatic heterocycles. The molecule has 0 aromatic rings. The van der Waals surface area contributed by atoms with E-state index in [2.05, 4.69) is 12.2 Å². The molecule has 0 saturated carbocycles. The molecule has 0 rings (SSSR count). The minimum Gasteiger partial charge on any atom is -1.00 e. The normalized spacial score (nSPS) is 10.3. The van der Waals surface area contributed by atoms with Crippen LogP contribution in [0.25, 0.3) is 0 Å². The quantitative estimate of drug-likeness (QED) is 0.117. The molecule has 0 aromatic carbocycles. The molecule has 0 unspecified atom stereocenters. The number of unbranched alkanes of at least 4 members (excludes halogenated alkanes) is 8. The van der Waals surface area contributed by atoms with Gasteiger partial charge in [-0.1, -0.05) is 58.3 Å². The summed E-state index contributed by atoms with van der Waals surface area (Å²) in [6.45, 7) is 4.56. The molecule has 32 heavy (non-hydrogen) atoms. The van der Waals surface area contributed by atoms with Gasteiger partial charge in [0, 0.05) is 32.6 Å². The van der Waals surface area contributed by atoms with Crippen molar-refractivity contribution in [1.29, 1.82) is 0 Å². The second kappa shape index (κ2) is 27.6. The minimum absolute atomic E-state index is 0. The fourth-order valence-corrected chi connectivity index (χ4v) is 3.08. The van der Waals surface area contributed by atoms with Crippen LogP contribution in [0.2, 0.25) is 0 Å². The van der Waals surface area contributed by atoms with Crippen molar-refractivity contribution in [2.45, 2.75) is 84.0 Å². The molecule has 8 nitrogen and oxygen atoms in total. The Morgan fingerprint density at radius 3 is 1.88 bits per heavy atom. The van der Waals surface area contributed by atoms with Crippen LogP contribution in [0.3, 0.4) is 0 Å². The SMILES string of the molecule is CCCCCCCCCCCC(=O)NCCN(CCOCCC(=O)O)CCC(=O)O.[H-].[H-].[Na+].[Na+]. The fourth-order valence-electron chi connectivity index (χ4n) is 3.08. The molecule has 0 bridgehead atoms. The van der Waals surface area contributed by atoms with Crippen LogP contribution < -0.4 is 64.4 Å². The zero-order valence-corrected chi connectivity index (χ0v) is 24.7. The first kappa shape index (κ1) is 36.9. The standard InChI is InChI=1S/C22H42N2O6.2Na.2H/c1-2-3-4-5-6-7-8-9-10-11-20(25)23-14-16-24(15-12-21(26)27)17-19-30-18-13-22(28)29;;;;/h2-19H2,1H3,(H,23,25)(H,26,27)(H,28,29);;;;/q;2*+1;2*-1. The molecule has 0 aliphatic heterocycles. The van der Waals surface area contributed by atoms with Crippen molar-refractivity contribution >= 4 is 17.8 Å². The predicted molar refractivity (Wildman–Crippen MR) is 119 cm³/mol. The molecular weight excluding hydrogens is 434 g/mol. The fraction of sp³-hybridized carbons (Fsp3) is 0.864. The van der Waals surface area contributed by atoms with Crippen molar-refractivity contribution in [1.82, 2.24) is 10.2 Å². The third-order valence-electron chi connectivity index (χ3n) is 4.91. The van der Waals surface area contributed by atoms with E-state index >= 15 is 0 Å². The number of aliphatic carboxylic acids is 2. The molecule has 0 aliphatic rings. The summed E-state index contributed by atoms with van der Waals surface area (Å²) >= 11 is 0. The van der Waals surface area contributed by atoms with Crippen LogP contribution in [0.15, 0.2) is 0 Å². The van der Waals surface area contributed by atoms with Crippen molar-refractivity contribution in [2.75, 3.05) is 39.4 Å². The Labute approximate surface area is 241 Å². The Morgan fingerprint density at radius 2 is 1.31 bits per heavy atom. The topological polar surface area (TPSA) is 116 Å². The summed E-state index contributed by atoms with van der Waals surface area (Å²) in [5.74, 6) is -1.75. The smallest absolute Gasteiger partial charge is 1.00 e. The number of hydrogen-bond donors (Lipinski definition) is 3. The van der Waals surface area contributed by atoms with Gasteiger partial charge in [0.05, 0.1) is 26.1 Å². The number of carboxylic acids is 2. The van der Waals surface area contributed by atoms with Crippen LogP contribution in [0.5, 0.6) is 0 Å². The van der Waals surface area contributed by atoms with Crippen molar-refractivity contribution in [3.05, 3.63) is 0 Å². The first-order chi connectivity index (χ1) is 14.5. The van der Waals surface area contributed by atoms with Gasteiger partial charge in [0.15, 0.2) is 0 Å². The van der Waals surface area contributed by atoms with Crippen molar-refractivity contribution in [3.8, 4) is 0 Å². The summed E-state index contributed by atoms with van der Waals surface area (Å²) in [7, 11) is 0. The number of rotatable bonds is 22. The number of ether oxygens (including phenoxy) is 1. The average molecular weight is 479 g/mol. The summed E-state index contributed by atoms with van der Waals surface area (Å²) in [4.78, 5) is 35.1. The Morgan fingerprint density at radius 1 is 0.750 bits per heavy atom. The number of nitrogens with one attached hydrogen (secondary N) is 1. The summed E-state index contributed by atoms with van der Waals surface area (Å²) in [6.07, 6.45) is 11.4. The Balaban J connectivity index is -0.000000701. The van der Waals surface area contributed by atoms with Gasteiger partial charge in [-0.2, -0.15) is 0 Å². The van der Waals surface area contributed by atoms with Crippen LogP contribution in [0.4, 0.5) is 0 Å². The summed E-state index contributed by atoms with van der Waals surface area (Å²) in [6, 6.07) is 0. The number of carboxylic acid groups (broad SMARTS) is 2. The third-order valence-corrected chi connectivity index (χ3v) is 4.91. The van der Waals surface area contributed by atoms with Gasteiger partial charge in [-0.05, 0) is 6.42 Å². The second-order valence-electron chi connectivity index (χ2n) is 7.67. The molecular formula is C22H44N2Na2O6. The molecule has 0 atom stereocenters. The van der Waals surface area contributed by atoms with E-state index in [-0.39, 0.29) is 87.3 Å². The van der Waals surface area contributed by atoms with Crippen molar-refractivity contribution in [3.63, 3.8) is 0 Å². The van der Waals surface area contributed by atoms with Crippen LogP contribution >= 0.6 is 0 Å². The van der Waals surface area contributed by atoms with Gasteiger partial charge >= 0.3 is 71.1 Å². The Hall–Kier alpha value is 0.330. The van der Waals surface area contributed by atoms with Gasteiger partial charge in [0.2, 0.25) is 5.91 Å². The monoisotopic (exact) mass is 478 g/mol. The maximum absolute atomic E-state index is 12.0. The molecule has 0 aliphatic carbocycles. The summed E-state index contributed by atoms with van der Waals surface area (Å²) in [5, 5.41) is 20.3. The Kier molecular flexibility index (Phi) is 31.8. The minimum atomic E-state index is -0.910. The summed E-state index contributed by atoms with van der Waals surface area (Å²) in [5.41, 5.74) is 0. The van der Waals surface area contributed by atoms with Crippen LogP contribution in [0, 0.1) is 0 Å². The number of amides is 1. The van der Waals surface area contributed by atoms with Crippen LogP contribution in [0.1, 0.15) is 86.8 Å². The average Bonchev–Trinajstić information content (AvgIpc) is 2.69. The molecule has 0 saturated heterocycles. The van der Waals surface area contributed by atoms with Crippen LogP contribution in [-0.4, -0.2) is 72.4 Å². The predicted octanol–water partition coefficient (Wildman–Crippen LogP) is -2.48. The van der Waals surface area contributed by atoms with Crippen molar-refractivity contribution < 1.29 is 91.3 Å². The van der Waals surface area contributed by atoms with E-state index in [0.29, 0.717) is 39.2 Å². The van der Waals surface area contributed by atoms with Gasteiger partial charge in [-0.3, -0.25) is 19.3 Å². The van der Waals surface area contributed by atoms with E-state index in [1.807, 2.05) is 4.90 Å². The Bertz CT molecular complexity index is 481. The molecule has 180 valence electrons. The largest absolute Gasteiger partial charge is 1.00 e. The molecule has 3 N–H and O–H groups in total. The molecule has 1 amide bonds.